The van der Waals surface area contributed by atoms with Crippen LogP contribution in [0.15, 0.2) is 30.1 Å². The summed E-state index contributed by atoms with van der Waals surface area (Å²) in [5.41, 5.74) is 5.77. The van der Waals surface area contributed by atoms with Crippen LogP contribution < -0.4 is 15.4 Å². The number of fused-ring (bicyclic) bond motifs is 2. The van der Waals surface area contributed by atoms with Crippen molar-refractivity contribution in [3.05, 3.63) is 52.3 Å². The summed E-state index contributed by atoms with van der Waals surface area (Å²) >= 11 is 7.64. The average Bonchev–Trinajstić information content (AvgIpc) is 3.40. The third-order valence-corrected chi connectivity index (χ3v) is 10.3. The Morgan fingerprint density at radius 3 is 2.69 bits per heavy atom. The molecule has 10 nitrogen and oxygen atoms in total. The number of aromatic nitrogens is 2. The van der Waals surface area contributed by atoms with E-state index >= 15 is 4.39 Å². The van der Waals surface area contributed by atoms with Gasteiger partial charge in [0.15, 0.2) is 5.82 Å². The van der Waals surface area contributed by atoms with Crippen LogP contribution in [-0.2, 0) is 9.59 Å². The van der Waals surface area contributed by atoms with Gasteiger partial charge in [0.05, 0.1) is 21.6 Å². The van der Waals surface area contributed by atoms with Crippen LogP contribution in [0.4, 0.5) is 24.0 Å². The Kier molecular flexibility index (Phi) is 10.4. The summed E-state index contributed by atoms with van der Waals surface area (Å²) in [6, 6.07) is 5.79. The maximum atomic E-state index is 16.9. The number of nitrogens with zero attached hydrogens (tertiary/aromatic N) is 6. The number of hydrogen-bond acceptors (Lipinski definition) is 10. The van der Waals surface area contributed by atoms with Crippen LogP contribution in [0.5, 0.6) is 6.01 Å². The van der Waals surface area contributed by atoms with Crippen LogP contribution in [0.2, 0.25) is 5.02 Å². The number of nitriles is 1. The van der Waals surface area contributed by atoms with E-state index in [1.165, 1.54) is 26.1 Å². The molecule has 2 aromatic carbocycles. The van der Waals surface area contributed by atoms with Gasteiger partial charge < -0.3 is 20.3 Å². The van der Waals surface area contributed by atoms with Gasteiger partial charge in [0, 0.05) is 68.8 Å². The predicted molar refractivity (Wildman–Crippen MR) is 185 cm³/mol. The molecule has 15 heteroatoms. The molecule has 2 amide bonds. The Bertz CT molecular complexity index is 2050. The Balaban J connectivity index is 1.62. The third-order valence-electron chi connectivity index (χ3n) is 8.94. The first-order valence-corrected chi connectivity index (χ1v) is 16.6. The highest BCUT2D eigenvalue weighted by molar-refractivity contribution is 7.23. The second kappa shape index (κ2) is 14.2. The lowest BCUT2D eigenvalue weighted by atomic mass is 9.78. The van der Waals surface area contributed by atoms with Gasteiger partial charge in [-0.2, -0.15) is 15.2 Å². The van der Waals surface area contributed by atoms with Gasteiger partial charge in [-0.15, -0.1) is 11.3 Å². The molecule has 1 aliphatic heterocycles. The van der Waals surface area contributed by atoms with Crippen LogP contribution in [-0.4, -0.2) is 79.0 Å². The number of ether oxygens (including phenoxy) is 1. The molecule has 0 radical (unpaired) electrons. The monoisotopic (exact) mass is 713 g/mol. The molecule has 0 aliphatic carbocycles. The molecule has 0 saturated carbocycles. The lowest BCUT2D eigenvalue weighted by Gasteiger charge is -2.40. The third kappa shape index (κ3) is 6.88. The number of likely N-dealkylation sites (tertiary alicyclic amines) is 1. The number of rotatable bonds is 9. The van der Waals surface area contributed by atoms with E-state index in [0.717, 1.165) is 22.3 Å². The molecule has 2 N–H and O–H groups in total. The first kappa shape index (κ1) is 35.8. The Morgan fingerprint density at radius 2 is 2.02 bits per heavy atom. The van der Waals surface area contributed by atoms with Crippen molar-refractivity contribution in [1.82, 2.24) is 19.8 Å². The summed E-state index contributed by atoms with van der Waals surface area (Å²) in [5.74, 6) is -1.97. The van der Waals surface area contributed by atoms with Gasteiger partial charge in [-0.1, -0.05) is 24.6 Å². The minimum Gasteiger partial charge on any atom is -0.462 e. The van der Waals surface area contributed by atoms with Gasteiger partial charge in [-0.25, -0.2) is 13.2 Å². The van der Waals surface area contributed by atoms with Gasteiger partial charge in [0.25, 0.3) is 0 Å². The molecular formula is C34H35ClF3N7O3S. The van der Waals surface area contributed by atoms with Crippen LogP contribution in [0, 0.1) is 28.4 Å². The SMILES string of the molecule is CC(=O)N(C)C(=O)CCCN(C)c1nc(OC[C@]2(C)CN(C)CC/C2=C\F)nc2c(F)c(-c3ccc(F)c4sc(N)c(C#N)c34)c(Cl)cc12. The highest BCUT2D eigenvalue weighted by atomic mass is 35.5. The zero-order chi connectivity index (χ0) is 35.8. The molecule has 258 valence electrons. The number of nitrogen functional groups attached to an aromatic ring is 1. The van der Waals surface area contributed by atoms with Crippen LogP contribution >= 0.6 is 22.9 Å². The van der Waals surface area contributed by atoms with Crippen molar-refractivity contribution < 1.29 is 27.5 Å². The predicted octanol–water partition coefficient (Wildman–Crippen LogP) is 6.69. The van der Waals surface area contributed by atoms with Gasteiger partial charge in [0.1, 0.15) is 34.8 Å². The molecular weight excluding hydrogens is 679 g/mol. The number of amides is 2. The number of carbonyl (C=O) groups is 2. The Morgan fingerprint density at radius 1 is 1.29 bits per heavy atom. The molecule has 5 rings (SSSR count). The van der Waals surface area contributed by atoms with E-state index < -0.39 is 17.0 Å². The minimum atomic E-state index is -0.864. The minimum absolute atomic E-state index is 0.00424. The van der Waals surface area contributed by atoms with E-state index in [1.54, 1.807) is 11.9 Å². The fraction of sp³-hybridized carbons (Fsp3) is 0.382. The number of piperidine rings is 1. The normalized spacial score (nSPS) is 17.4. The first-order chi connectivity index (χ1) is 23.2. The molecule has 1 fully saturated rings. The quantitative estimate of drug-likeness (QED) is 0.202. The largest absolute Gasteiger partial charge is 0.462 e. The van der Waals surface area contributed by atoms with Crippen molar-refractivity contribution in [1.29, 1.82) is 5.26 Å². The van der Waals surface area contributed by atoms with Gasteiger partial charge in [-0.3, -0.25) is 14.5 Å². The highest BCUT2D eigenvalue weighted by Gasteiger charge is 2.36. The summed E-state index contributed by atoms with van der Waals surface area (Å²) in [7, 11) is 5.03. The molecule has 3 heterocycles. The van der Waals surface area contributed by atoms with E-state index in [1.807, 2.05) is 20.0 Å². The fourth-order valence-electron chi connectivity index (χ4n) is 6.13. The number of halogens is 4. The summed E-state index contributed by atoms with van der Waals surface area (Å²) in [5, 5.41) is 10.2. The van der Waals surface area contributed by atoms with Crippen molar-refractivity contribution in [2.45, 2.75) is 33.1 Å². The number of anilines is 2. The number of carbonyl (C=O) groups excluding carboxylic acids is 2. The summed E-state index contributed by atoms with van der Waals surface area (Å²) in [6.07, 6.45) is 1.52. The second-order valence-electron chi connectivity index (χ2n) is 12.5. The van der Waals surface area contributed by atoms with E-state index in [4.69, 9.17) is 22.1 Å². The standard InChI is InChI=1S/C34H35ClF3N7O3S/c1-18(46)45(5)25(47)7-6-11-44(4)32-21-13-23(35)27(20-8-9-24(37)30-26(20)22(15-39)31(40)49-30)28(38)29(21)41-33(42-32)48-17-34(2)16-43(3)12-10-19(34)14-36/h8-9,13-14H,6-7,10-12,16-17,40H2,1-5H3/b19-14+/t34-/m0/s1. The van der Waals surface area contributed by atoms with Crippen molar-refractivity contribution >= 4 is 66.6 Å². The van der Waals surface area contributed by atoms with Crippen molar-refractivity contribution in [3.63, 3.8) is 0 Å². The molecule has 0 unspecified atom stereocenters. The van der Waals surface area contributed by atoms with Crippen molar-refractivity contribution in [2.24, 2.45) is 5.41 Å². The molecule has 1 aliphatic rings. The zero-order valence-corrected chi connectivity index (χ0v) is 29.2. The van der Waals surface area contributed by atoms with Gasteiger partial charge >= 0.3 is 6.01 Å². The second-order valence-corrected chi connectivity index (χ2v) is 14.0. The number of hydrogen-bond donors (Lipinski definition) is 1. The maximum absolute atomic E-state index is 16.9. The maximum Gasteiger partial charge on any atom is 0.319 e. The van der Waals surface area contributed by atoms with Crippen LogP contribution in [0.3, 0.4) is 0 Å². The van der Waals surface area contributed by atoms with E-state index in [0.29, 0.717) is 37.8 Å². The number of nitrogens with two attached hydrogens (primary N) is 1. The van der Waals surface area contributed by atoms with Crippen molar-refractivity contribution in [3.8, 4) is 23.2 Å². The number of thiophene rings is 1. The van der Waals surface area contributed by atoms with Gasteiger partial charge in [-0.05, 0) is 43.2 Å². The smallest absolute Gasteiger partial charge is 0.319 e. The number of imide groups is 1. The van der Waals surface area contributed by atoms with Crippen LogP contribution in [0.1, 0.15) is 38.7 Å². The number of benzene rings is 2. The molecule has 0 spiro atoms. The van der Waals surface area contributed by atoms with Crippen LogP contribution in [0.25, 0.3) is 32.1 Å². The molecule has 1 saturated heterocycles. The lowest BCUT2D eigenvalue weighted by molar-refractivity contribution is -0.141. The topological polar surface area (TPSA) is 129 Å². The molecule has 0 bridgehead atoms. The fourth-order valence-corrected chi connectivity index (χ4v) is 7.37. The Hall–Kier alpha value is -4.45. The zero-order valence-electron chi connectivity index (χ0n) is 27.7. The lowest BCUT2D eigenvalue weighted by Crippen LogP contribution is -2.44. The summed E-state index contributed by atoms with van der Waals surface area (Å²) in [4.78, 5) is 37.9. The molecule has 2 aromatic heterocycles. The van der Waals surface area contributed by atoms with E-state index in [2.05, 4.69) is 14.9 Å². The Labute approximate surface area is 290 Å². The molecule has 1 atom stereocenters. The molecule has 4 aromatic rings. The van der Waals surface area contributed by atoms with E-state index in [9.17, 15) is 23.6 Å². The van der Waals surface area contributed by atoms with Gasteiger partial charge in [0.2, 0.25) is 11.8 Å². The summed E-state index contributed by atoms with van der Waals surface area (Å²) < 4.78 is 51.8. The molecule has 49 heavy (non-hydrogen) atoms. The average molecular weight is 714 g/mol. The summed E-state index contributed by atoms with van der Waals surface area (Å²) in [6.45, 7) is 4.63. The van der Waals surface area contributed by atoms with E-state index in [-0.39, 0.29) is 90.9 Å². The highest BCUT2D eigenvalue weighted by Crippen LogP contribution is 2.46. The first-order valence-electron chi connectivity index (χ1n) is 15.4. The van der Waals surface area contributed by atoms with Crippen molar-refractivity contribution in [2.75, 3.05) is 58.0 Å².